The van der Waals surface area contributed by atoms with Crippen LogP contribution >= 0.6 is 0 Å². The van der Waals surface area contributed by atoms with E-state index in [4.69, 9.17) is 15.0 Å². The third-order valence-electron chi connectivity index (χ3n) is 2.14. The minimum atomic E-state index is -3.18. The molecule has 1 aromatic heterocycles. The molecular weight excluding hydrogens is 270 g/mol. The van der Waals surface area contributed by atoms with Crippen molar-refractivity contribution in [2.45, 2.75) is 12.4 Å². The van der Waals surface area contributed by atoms with Gasteiger partial charge in [0.15, 0.2) is 22.3 Å². The van der Waals surface area contributed by atoms with E-state index in [0.717, 1.165) is 6.26 Å². The van der Waals surface area contributed by atoms with Gasteiger partial charge in [-0.2, -0.15) is 4.98 Å². The number of anilines is 1. The normalized spacial score (nSPS) is 11.4. The number of hydrogen-bond acceptors (Lipinski definition) is 7. The second-order valence-corrected chi connectivity index (χ2v) is 6.17. The summed E-state index contributed by atoms with van der Waals surface area (Å²) in [6.45, 7) is 0.0701. The molecule has 0 bridgehead atoms. The van der Waals surface area contributed by atoms with Crippen molar-refractivity contribution in [2.24, 2.45) is 0 Å². The minimum Gasteiger partial charge on any atom is -0.484 e. The Labute approximate surface area is 110 Å². The van der Waals surface area contributed by atoms with E-state index >= 15 is 0 Å². The number of hydrogen-bond donors (Lipinski definition) is 1. The van der Waals surface area contributed by atoms with Gasteiger partial charge in [-0.3, -0.25) is 0 Å². The summed E-state index contributed by atoms with van der Waals surface area (Å²) in [5.41, 5.74) is 6.18. The van der Waals surface area contributed by atoms with Gasteiger partial charge in [-0.1, -0.05) is 5.16 Å². The van der Waals surface area contributed by atoms with Gasteiger partial charge in [0.2, 0.25) is 0 Å². The summed E-state index contributed by atoms with van der Waals surface area (Å²) in [6.07, 6.45) is 1.11. The van der Waals surface area contributed by atoms with Gasteiger partial charge in [0.1, 0.15) is 11.5 Å². The summed E-state index contributed by atoms with van der Waals surface area (Å²) in [4.78, 5) is 3.92. The van der Waals surface area contributed by atoms with Crippen LogP contribution in [-0.4, -0.2) is 24.8 Å². The Morgan fingerprint density at radius 1 is 1.32 bits per heavy atom. The van der Waals surface area contributed by atoms with E-state index in [1.54, 1.807) is 24.3 Å². The second kappa shape index (κ2) is 5.27. The van der Waals surface area contributed by atoms with Crippen molar-refractivity contribution in [1.29, 1.82) is 0 Å². The van der Waals surface area contributed by atoms with E-state index in [1.807, 2.05) is 0 Å². The van der Waals surface area contributed by atoms with E-state index in [1.165, 1.54) is 0 Å². The van der Waals surface area contributed by atoms with Crippen LogP contribution in [0.5, 0.6) is 5.75 Å². The van der Waals surface area contributed by atoms with E-state index < -0.39 is 9.84 Å². The van der Waals surface area contributed by atoms with E-state index in [0.29, 0.717) is 11.4 Å². The summed E-state index contributed by atoms with van der Waals surface area (Å²) < 4.78 is 32.4. The molecule has 0 aliphatic heterocycles. The highest BCUT2D eigenvalue weighted by Gasteiger charge is 2.12. The van der Waals surface area contributed by atoms with Crippen LogP contribution in [0.2, 0.25) is 0 Å². The summed E-state index contributed by atoms with van der Waals surface area (Å²) in [6, 6.07) is 6.84. The molecule has 102 valence electrons. The Morgan fingerprint density at radius 2 is 2.00 bits per heavy atom. The Hall–Kier alpha value is -2.09. The second-order valence-electron chi connectivity index (χ2n) is 4.03. The van der Waals surface area contributed by atoms with Gasteiger partial charge in [0, 0.05) is 11.9 Å². The number of sulfone groups is 1. The largest absolute Gasteiger partial charge is 0.484 e. The Bertz CT molecular complexity index is 649. The number of nitrogens with two attached hydrogens (primary N) is 1. The van der Waals surface area contributed by atoms with Gasteiger partial charge < -0.3 is 15.0 Å². The fraction of sp³-hybridized carbons (Fsp3) is 0.273. The molecule has 1 heterocycles. The fourth-order valence-corrected chi connectivity index (χ4v) is 1.94. The molecule has 0 amide bonds. The number of nitrogens with zero attached hydrogens (tertiary/aromatic N) is 2. The fourth-order valence-electron chi connectivity index (χ4n) is 1.35. The molecule has 0 spiro atoms. The zero-order valence-electron chi connectivity index (χ0n) is 10.2. The molecule has 0 aliphatic carbocycles. The maximum absolute atomic E-state index is 11.1. The predicted molar refractivity (Wildman–Crippen MR) is 68.0 cm³/mol. The third kappa shape index (κ3) is 4.25. The Morgan fingerprint density at radius 3 is 2.63 bits per heavy atom. The van der Waals surface area contributed by atoms with Crippen molar-refractivity contribution in [1.82, 2.24) is 10.1 Å². The van der Waals surface area contributed by atoms with Gasteiger partial charge in [-0.25, -0.2) is 8.42 Å². The molecule has 2 N–H and O–H groups in total. The van der Waals surface area contributed by atoms with Crippen LogP contribution in [0.15, 0.2) is 28.8 Å². The lowest BCUT2D eigenvalue weighted by atomic mass is 10.3. The molecule has 19 heavy (non-hydrogen) atoms. The molecule has 0 atom stereocenters. The number of ether oxygens (including phenoxy) is 1. The van der Waals surface area contributed by atoms with E-state index in [9.17, 15) is 8.42 Å². The Kier molecular flexibility index (Phi) is 3.70. The molecule has 0 unspecified atom stereocenters. The van der Waals surface area contributed by atoms with Gasteiger partial charge in [0.05, 0.1) is 0 Å². The summed E-state index contributed by atoms with van der Waals surface area (Å²) in [5, 5.41) is 3.56. The van der Waals surface area contributed by atoms with Crippen LogP contribution in [0.25, 0.3) is 0 Å². The average Bonchev–Trinajstić information content (AvgIpc) is 2.73. The number of rotatable bonds is 5. The SMILES string of the molecule is CS(=O)(=O)Cc1noc(COc2ccc(N)cc2)n1. The van der Waals surface area contributed by atoms with Crippen molar-refractivity contribution in [3.8, 4) is 5.75 Å². The minimum absolute atomic E-state index is 0.0701. The lowest BCUT2D eigenvalue weighted by Gasteiger charge is -2.02. The number of aromatic nitrogens is 2. The lowest BCUT2D eigenvalue weighted by molar-refractivity contribution is 0.242. The zero-order chi connectivity index (χ0) is 13.9. The molecule has 2 rings (SSSR count). The molecule has 0 radical (unpaired) electrons. The smallest absolute Gasteiger partial charge is 0.264 e. The van der Waals surface area contributed by atoms with E-state index in [-0.39, 0.29) is 24.1 Å². The highest BCUT2D eigenvalue weighted by molar-refractivity contribution is 7.89. The lowest BCUT2D eigenvalue weighted by Crippen LogP contribution is -2.02. The number of benzene rings is 1. The van der Waals surface area contributed by atoms with Crippen molar-refractivity contribution >= 4 is 15.5 Å². The maximum Gasteiger partial charge on any atom is 0.264 e. The molecule has 0 aliphatic rings. The summed E-state index contributed by atoms with van der Waals surface area (Å²) in [5.74, 6) is 0.698. The van der Waals surface area contributed by atoms with Gasteiger partial charge in [-0.05, 0) is 24.3 Å². The first-order valence-electron chi connectivity index (χ1n) is 5.40. The molecule has 2 aromatic rings. The van der Waals surface area contributed by atoms with Crippen molar-refractivity contribution < 1.29 is 17.7 Å². The summed E-state index contributed by atoms with van der Waals surface area (Å²) in [7, 11) is -3.18. The molecule has 0 saturated carbocycles. The average molecular weight is 283 g/mol. The first kappa shape index (κ1) is 13.3. The molecular formula is C11H13N3O4S. The van der Waals surface area contributed by atoms with Crippen LogP contribution in [-0.2, 0) is 22.2 Å². The van der Waals surface area contributed by atoms with Crippen LogP contribution < -0.4 is 10.5 Å². The molecule has 0 saturated heterocycles. The topological polar surface area (TPSA) is 108 Å². The predicted octanol–water partition coefficient (Wildman–Crippen LogP) is 0.775. The Balaban J connectivity index is 1.95. The van der Waals surface area contributed by atoms with Crippen LogP contribution in [0.1, 0.15) is 11.7 Å². The van der Waals surface area contributed by atoms with Gasteiger partial charge >= 0.3 is 0 Å². The summed E-state index contributed by atoms with van der Waals surface area (Å²) >= 11 is 0. The maximum atomic E-state index is 11.1. The van der Waals surface area contributed by atoms with Crippen molar-refractivity contribution in [2.75, 3.05) is 12.0 Å². The molecule has 0 fully saturated rings. The van der Waals surface area contributed by atoms with Crippen molar-refractivity contribution in [3.63, 3.8) is 0 Å². The highest BCUT2D eigenvalue weighted by Crippen LogP contribution is 2.14. The first-order chi connectivity index (χ1) is 8.92. The first-order valence-corrected chi connectivity index (χ1v) is 7.46. The van der Waals surface area contributed by atoms with Crippen LogP contribution in [0, 0.1) is 0 Å². The zero-order valence-corrected chi connectivity index (χ0v) is 11.1. The van der Waals surface area contributed by atoms with Crippen LogP contribution in [0.3, 0.4) is 0 Å². The van der Waals surface area contributed by atoms with Crippen LogP contribution in [0.4, 0.5) is 5.69 Å². The number of nitrogen functional groups attached to an aromatic ring is 1. The third-order valence-corrected chi connectivity index (χ3v) is 2.93. The standard InChI is InChI=1S/C11H13N3O4S/c1-19(15,16)7-10-13-11(18-14-10)6-17-9-4-2-8(12)3-5-9/h2-5H,6-7,12H2,1H3. The molecule has 8 heteroatoms. The molecule has 1 aromatic carbocycles. The molecule has 7 nitrogen and oxygen atoms in total. The highest BCUT2D eigenvalue weighted by atomic mass is 32.2. The van der Waals surface area contributed by atoms with Crippen molar-refractivity contribution in [3.05, 3.63) is 36.0 Å². The van der Waals surface area contributed by atoms with Gasteiger partial charge in [0.25, 0.3) is 5.89 Å². The monoisotopic (exact) mass is 283 g/mol. The van der Waals surface area contributed by atoms with Gasteiger partial charge in [-0.15, -0.1) is 0 Å². The quantitative estimate of drug-likeness (QED) is 0.807. The van der Waals surface area contributed by atoms with E-state index in [2.05, 4.69) is 10.1 Å².